The Labute approximate surface area is 241 Å². The number of anilines is 2. The zero-order valence-corrected chi connectivity index (χ0v) is 24.9. The maximum absolute atomic E-state index is 13.7. The van der Waals surface area contributed by atoms with Crippen LogP contribution in [0.4, 0.5) is 11.4 Å². The molecule has 0 aromatic heterocycles. The smallest absolute Gasteiger partial charge is 0.251 e. The molecule has 1 amide bonds. The molecule has 2 unspecified atom stereocenters. The first-order chi connectivity index (χ1) is 19.2. The van der Waals surface area contributed by atoms with Crippen LogP contribution in [0.25, 0.3) is 0 Å². The highest BCUT2D eigenvalue weighted by molar-refractivity contribution is 8.25. The van der Waals surface area contributed by atoms with E-state index in [0.717, 1.165) is 49.8 Å². The minimum absolute atomic E-state index is 0.0734. The summed E-state index contributed by atoms with van der Waals surface area (Å²) in [4.78, 5) is 13.7. The standard InChI is InChI=1S/C31H48N4O4S/c1-3-14-31(15-8-9-16-31)33-23-29(36)28(19-24-12-6-5-7-13-24)34-30(37)25-20-26(32-4-2)22-27(21-25)35-17-10-11-18-40(35,38)39/h5-7,12-13,20-22,28-29,32-33,36,38-39H,3-4,8-11,14-19,23H2,1-2H3,(H,34,37). The number of hydrogen-bond donors (Lipinski definition) is 6. The molecule has 1 saturated heterocycles. The minimum Gasteiger partial charge on any atom is -0.390 e. The van der Waals surface area contributed by atoms with Gasteiger partial charge in [0.25, 0.3) is 5.91 Å². The maximum Gasteiger partial charge on any atom is 0.251 e. The van der Waals surface area contributed by atoms with Crippen LogP contribution in [0.3, 0.4) is 0 Å². The van der Waals surface area contributed by atoms with Crippen molar-refractivity contribution in [2.45, 2.75) is 89.3 Å². The first kappa shape index (κ1) is 30.7. The summed E-state index contributed by atoms with van der Waals surface area (Å²) in [7, 11) is -2.93. The van der Waals surface area contributed by atoms with Gasteiger partial charge in [-0.05, 0) is 69.2 Å². The number of rotatable bonds is 13. The molecular formula is C31H48N4O4S. The Kier molecular flexibility index (Phi) is 10.8. The van der Waals surface area contributed by atoms with Crippen LogP contribution in [0.5, 0.6) is 0 Å². The van der Waals surface area contributed by atoms with Crippen molar-refractivity contribution in [3.8, 4) is 0 Å². The first-order valence-corrected chi connectivity index (χ1v) is 16.6. The Balaban J connectivity index is 1.56. The lowest BCUT2D eigenvalue weighted by Crippen LogP contribution is -2.53. The molecule has 2 aliphatic rings. The van der Waals surface area contributed by atoms with Gasteiger partial charge in [-0.2, -0.15) is 0 Å². The van der Waals surface area contributed by atoms with E-state index < -0.39 is 22.9 Å². The lowest BCUT2D eigenvalue weighted by atomic mass is 9.91. The van der Waals surface area contributed by atoms with Gasteiger partial charge in [0.15, 0.2) is 0 Å². The number of amides is 1. The van der Waals surface area contributed by atoms with E-state index in [1.165, 1.54) is 12.8 Å². The van der Waals surface area contributed by atoms with E-state index in [-0.39, 0.29) is 11.4 Å². The third-order valence-corrected chi connectivity index (χ3v) is 10.2. The van der Waals surface area contributed by atoms with Gasteiger partial charge in [-0.1, -0.05) is 56.5 Å². The highest BCUT2D eigenvalue weighted by atomic mass is 32.3. The molecule has 2 fully saturated rings. The monoisotopic (exact) mass is 572 g/mol. The lowest BCUT2D eigenvalue weighted by molar-refractivity contribution is 0.0805. The Hall–Kier alpha value is -2.30. The molecule has 1 aliphatic heterocycles. The Morgan fingerprint density at radius 3 is 2.48 bits per heavy atom. The van der Waals surface area contributed by atoms with Crippen molar-refractivity contribution in [2.24, 2.45) is 0 Å². The van der Waals surface area contributed by atoms with Crippen LogP contribution in [-0.4, -0.2) is 63.2 Å². The zero-order valence-electron chi connectivity index (χ0n) is 24.1. The van der Waals surface area contributed by atoms with Gasteiger partial charge in [0.1, 0.15) is 0 Å². The zero-order chi connectivity index (χ0) is 28.6. The quantitative estimate of drug-likeness (QED) is 0.180. The van der Waals surface area contributed by atoms with E-state index in [9.17, 15) is 19.0 Å². The summed E-state index contributed by atoms with van der Waals surface area (Å²) in [5.74, 6) is 0.0382. The molecule has 4 rings (SSSR count). The van der Waals surface area contributed by atoms with Crippen molar-refractivity contribution < 1.29 is 19.0 Å². The fraction of sp³-hybridized carbons (Fsp3) is 0.581. The van der Waals surface area contributed by atoms with Crippen molar-refractivity contribution in [3.63, 3.8) is 0 Å². The molecular weight excluding hydrogens is 524 g/mol. The second kappa shape index (κ2) is 14.0. The van der Waals surface area contributed by atoms with Gasteiger partial charge in [-0.25, -0.2) is 0 Å². The molecule has 2 atom stereocenters. The van der Waals surface area contributed by atoms with Crippen LogP contribution >= 0.6 is 10.8 Å². The third kappa shape index (κ3) is 7.91. The Bertz CT molecular complexity index is 1090. The Morgan fingerprint density at radius 1 is 1.05 bits per heavy atom. The van der Waals surface area contributed by atoms with Gasteiger partial charge >= 0.3 is 0 Å². The van der Waals surface area contributed by atoms with Gasteiger partial charge < -0.3 is 21.1 Å². The summed E-state index contributed by atoms with van der Waals surface area (Å²) < 4.78 is 23.1. The van der Waals surface area contributed by atoms with Crippen molar-refractivity contribution in [2.75, 3.05) is 35.0 Å². The average molecular weight is 573 g/mol. The summed E-state index contributed by atoms with van der Waals surface area (Å²) in [5, 5.41) is 21.5. The first-order valence-electron chi connectivity index (χ1n) is 15.0. The average Bonchev–Trinajstić information content (AvgIpc) is 3.40. The van der Waals surface area contributed by atoms with Gasteiger partial charge in [0.2, 0.25) is 0 Å². The summed E-state index contributed by atoms with van der Waals surface area (Å²) in [6, 6.07) is 14.8. The number of β-amino-alcohol motifs (C(OH)–C–C–N with tert-alkyl or cyclic N) is 1. The maximum atomic E-state index is 13.7. The number of aliphatic hydroxyl groups is 1. The van der Waals surface area contributed by atoms with E-state index in [0.29, 0.717) is 43.1 Å². The second-order valence-corrected chi connectivity index (χ2v) is 13.5. The molecule has 1 saturated carbocycles. The van der Waals surface area contributed by atoms with E-state index in [1.807, 2.05) is 43.3 Å². The van der Waals surface area contributed by atoms with Crippen LogP contribution in [0.2, 0.25) is 0 Å². The molecule has 2 aromatic rings. The van der Waals surface area contributed by atoms with Crippen LogP contribution in [0.1, 0.15) is 81.1 Å². The van der Waals surface area contributed by atoms with Gasteiger partial charge in [0, 0.05) is 36.4 Å². The molecule has 40 heavy (non-hydrogen) atoms. The summed E-state index contributed by atoms with van der Waals surface area (Å²) >= 11 is 0. The third-order valence-electron chi connectivity index (χ3n) is 8.29. The van der Waals surface area contributed by atoms with Crippen LogP contribution < -0.4 is 20.3 Å². The van der Waals surface area contributed by atoms with Crippen LogP contribution in [-0.2, 0) is 6.42 Å². The largest absolute Gasteiger partial charge is 0.390 e. The fourth-order valence-electron chi connectivity index (χ4n) is 6.21. The molecule has 2 aromatic carbocycles. The van der Waals surface area contributed by atoms with Crippen molar-refractivity contribution in [1.82, 2.24) is 10.6 Å². The normalized spacial score (nSPS) is 20.5. The fourth-order valence-corrected chi connectivity index (χ4v) is 7.89. The number of hydrogen-bond acceptors (Lipinski definition) is 7. The van der Waals surface area contributed by atoms with E-state index in [2.05, 4.69) is 22.9 Å². The lowest BCUT2D eigenvalue weighted by Gasteiger charge is -2.47. The van der Waals surface area contributed by atoms with Crippen LogP contribution in [0.15, 0.2) is 48.5 Å². The van der Waals surface area contributed by atoms with E-state index in [1.54, 1.807) is 16.4 Å². The minimum atomic E-state index is -2.93. The number of carbonyl (C=O) groups excluding carboxylic acids is 1. The number of carbonyl (C=O) groups is 1. The van der Waals surface area contributed by atoms with Gasteiger partial charge in [0.05, 0.1) is 23.6 Å². The van der Waals surface area contributed by atoms with Gasteiger partial charge in [-0.3, -0.25) is 18.2 Å². The summed E-state index contributed by atoms with van der Waals surface area (Å²) in [6.45, 7) is 5.79. The molecule has 0 radical (unpaired) electrons. The molecule has 1 aliphatic carbocycles. The number of nitrogens with zero attached hydrogens (tertiary/aromatic N) is 1. The highest BCUT2D eigenvalue weighted by Crippen LogP contribution is 2.50. The molecule has 1 heterocycles. The summed E-state index contributed by atoms with van der Waals surface area (Å²) in [6.07, 6.45) is 8.21. The molecule has 6 N–H and O–H groups in total. The van der Waals surface area contributed by atoms with Crippen molar-refractivity contribution >= 4 is 28.1 Å². The topological polar surface area (TPSA) is 117 Å². The van der Waals surface area contributed by atoms with Gasteiger partial charge in [-0.15, -0.1) is 10.8 Å². The number of aliphatic hydroxyl groups excluding tert-OH is 1. The van der Waals surface area contributed by atoms with Crippen molar-refractivity contribution in [3.05, 3.63) is 59.7 Å². The predicted molar refractivity (Wildman–Crippen MR) is 166 cm³/mol. The molecule has 8 nitrogen and oxygen atoms in total. The van der Waals surface area contributed by atoms with E-state index >= 15 is 0 Å². The van der Waals surface area contributed by atoms with E-state index in [4.69, 9.17) is 0 Å². The predicted octanol–water partition coefficient (Wildman–Crippen LogP) is 5.79. The SMILES string of the molecule is CCCC1(NCC(O)C(Cc2ccccc2)NC(=O)c2cc(NCC)cc(N3CCCCS3(O)O)c2)CCCC1. The van der Waals surface area contributed by atoms with Crippen molar-refractivity contribution in [1.29, 1.82) is 0 Å². The summed E-state index contributed by atoms with van der Waals surface area (Å²) in [5.41, 5.74) is 2.90. The Morgan fingerprint density at radius 2 is 1.80 bits per heavy atom. The number of benzene rings is 2. The highest BCUT2D eigenvalue weighted by Gasteiger charge is 2.34. The molecule has 222 valence electrons. The second-order valence-electron chi connectivity index (χ2n) is 11.4. The molecule has 0 spiro atoms. The molecule has 0 bridgehead atoms. The number of nitrogens with one attached hydrogen (secondary N) is 3. The molecule has 9 heteroatoms. The van der Waals surface area contributed by atoms with Crippen LogP contribution in [0, 0.1) is 0 Å².